The average molecular weight is 369 g/mol. The molecule has 0 unspecified atom stereocenters. The van der Waals surface area contributed by atoms with Crippen molar-refractivity contribution < 1.29 is 17.6 Å². The smallest absolute Gasteiger partial charge is 0.317 e. The van der Waals surface area contributed by atoms with Gasteiger partial charge in [0.2, 0.25) is 10.0 Å². The number of nitrogens with one attached hydrogen (secondary N) is 1. The maximum absolute atomic E-state index is 12.9. The monoisotopic (exact) mass is 369 g/mol. The van der Waals surface area contributed by atoms with Crippen LogP contribution in [-0.4, -0.2) is 62.1 Å². The fourth-order valence-electron chi connectivity index (χ4n) is 3.68. The molecule has 2 aliphatic rings. The van der Waals surface area contributed by atoms with Crippen LogP contribution in [0.3, 0.4) is 0 Å². The van der Waals surface area contributed by atoms with Gasteiger partial charge in [0.25, 0.3) is 0 Å². The highest BCUT2D eigenvalue weighted by atomic mass is 32.2. The number of urea groups is 1. The molecule has 0 bridgehead atoms. The first-order valence-corrected chi connectivity index (χ1v) is 10.1. The summed E-state index contributed by atoms with van der Waals surface area (Å²) in [4.78, 5) is 14.0. The first kappa shape index (κ1) is 18.1. The Balaban J connectivity index is 1.50. The van der Waals surface area contributed by atoms with Crippen LogP contribution in [0.5, 0.6) is 0 Å². The number of amides is 2. The van der Waals surface area contributed by atoms with Crippen molar-refractivity contribution in [1.82, 2.24) is 14.5 Å². The lowest BCUT2D eigenvalue weighted by Crippen LogP contribution is -2.41. The minimum atomic E-state index is -3.21. The zero-order valence-electron chi connectivity index (χ0n) is 14.3. The van der Waals surface area contributed by atoms with Crippen molar-refractivity contribution in [2.75, 3.05) is 33.2 Å². The van der Waals surface area contributed by atoms with Gasteiger partial charge < -0.3 is 10.2 Å². The van der Waals surface area contributed by atoms with Crippen molar-refractivity contribution >= 4 is 16.1 Å². The molecule has 25 heavy (non-hydrogen) atoms. The quantitative estimate of drug-likeness (QED) is 0.876. The Morgan fingerprint density at radius 1 is 1.24 bits per heavy atom. The van der Waals surface area contributed by atoms with Crippen molar-refractivity contribution in [2.24, 2.45) is 5.92 Å². The number of fused-ring (bicyclic) bond motifs is 1. The maximum Gasteiger partial charge on any atom is 0.317 e. The molecule has 0 radical (unpaired) electrons. The second kappa shape index (κ2) is 7.29. The Hall–Kier alpha value is -1.67. The maximum atomic E-state index is 12.9. The number of carbonyl (C=O) groups excluding carboxylic acids is 1. The van der Waals surface area contributed by atoms with Crippen LogP contribution < -0.4 is 5.32 Å². The number of hydrogen-bond acceptors (Lipinski definition) is 3. The highest BCUT2D eigenvalue weighted by Gasteiger charge is 2.45. The second-order valence-corrected chi connectivity index (χ2v) is 9.06. The highest BCUT2D eigenvalue weighted by molar-refractivity contribution is 7.90. The van der Waals surface area contributed by atoms with Crippen LogP contribution in [0, 0.1) is 11.7 Å². The van der Waals surface area contributed by atoms with Crippen LogP contribution in [0.2, 0.25) is 0 Å². The lowest BCUT2D eigenvalue weighted by atomic mass is 10.0. The van der Waals surface area contributed by atoms with Gasteiger partial charge in [-0.1, -0.05) is 12.1 Å². The normalized spacial score (nSPS) is 26.1. The van der Waals surface area contributed by atoms with E-state index in [4.69, 9.17) is 0 Å². The Morgan fingerprint density at radius 2 is 1.92 bits per heavy atom. The number of rotatable bonds is 3. The van der Waals surface area contributed by atoms with Crippen molar-refractivity contribution in [2.45, 2.75) is 24.5 Å². The molecule has 2 aliphatic heterocycles. The third kappa shape index (κ3) is 3.95. The Morgan fingerprint density at radius 3 is 2.64 bits per heavy atom. The summed E-state index contributed by atoms with van der Waals surface area (Å²) >= 11 is 0. The highest BCUT2D eigenvalue weighted by Crippen LogP contribution is 2.33. The van der Waals surface area contributed by atoms with Gasteiger partial charge in [0, 0.05) is 33.2 Å². The topological polar surface area (TPSA) is 69.7 Å². The SMILES string of the molecule is CN1C[C@H]2CCN(C(=O)NCCc3ccc(F)cc3)CC[C@H]2S1(=O)=O. The molecular formula is C17H24FN3O3S. The van der Waals surface area contributed by atoms with E-state index in [2.05, 4.69) is 5.32 Å². The molecule has 6 nitrogen and oxygen atoms in total. The second-order valence-electron chi connectivity index (χ2n) is 6.80. The van der Waals surface area contributed by atoms with E-state index >= 15 is 0 Å². The lowest BCUT2D eigenvalue weighted by molar-refractivity contribution is 0.199. The van der Waals surface area contributed by atoms with E-state index in [1.807, 2.05) is 0 Å². The van der Waals surface area contributed by atoms with Gasteiger partial charge in [-0.3, -0.25) is 0 Å². The molecule has 8 heteroatoms. The van der Waals surface area contributed by atoms with Gasteiger partial charge in [0.1, 0.15) is 5.82 Å². The van der Waals surface area contributed by atoms with Gasteiger partial charge in [-0.05, 0) is 42.9 Å². The van der Waals surface area contributed by atoms with Crippen LogP contribution in [0.15, 0.2) is 24.3 Å². The average Bonchev–Trinajstić information content (AvgIpc) is 2.72. The summed E-state index contributed by atoms with van der Waals surface area (Å²) in [7, 11) is -1.58. The predicted molar refractivity (Wildman–Crippen MR) is 93.1 cm³/mol. The van der Waals surface area contributed by atoms with Crippen molar-refractivity contribution in [3.63, 3.8) is 0 Å². The summed E-state index contributed by atoms with van der Waals surface area (Å²) in [5, 5.41) is 2.51. The van der Waals surface area contributed by atoms with Gasteiger partial charge >= 0.3 is 6.03 Å². The van der Waals surface area contributed by atoms with Crippen LogP contribution in [0.25, 0.3) is 0 Å². The summed E-state index contributed by atoms with van der Waals surface area (Å²) in [5.74, 6) is -0.171. The fraction of sp³-hybridized carbons (Fsp3) is 0.588. The van der Waals surface area contributed by atoms with Crippen molar-refractivity contribution in [1.29, 1.82) is 0 Å². The molecule has 2 amide bonds. The number of carbonyl (C=O) groups is 1. The van der Waals surface area contributed by atoms with Crippen LogP contribution in [0.1, 0.15) is 18.4 Å². The first-order chi connectivity index (χ1) is 11.9. The molecular weight excluding hydrogens is 345 g/mol. The standard InChI is InChI=1S/C17H24FN3O3S/c1-20-12-14-7-10-21(11-8-16(14)25(20,23)24)17(22)19-9-6-13-2-4-15(18)5-3-13/h2-5,14,16H,6-12H2,1H3,(H,19,22)/t14-,16-/m1/s1. The molecule has 2 atom stereocenters. The molecule has 138 valence electrons. The molecule has 1 aromatic carbocycles. The Kier molecular flexibility index (Phi) is 5.29. The van der Waals surface area contributed by atoms with E-state index < -0.39 is 10.0 Å². The van der Waals surface area contributed by atoms with Gasteiger partial charge in [0.05, 0.1) is 5.25 Å². The van der Waals surface area contributed by atoms with Crippen molar-refractivity contribution in [3.05, 3.63) is 35.6 Å². The van der Waals surface area contributed by atoms with Gasteiger partial charge in [-0.2, -0.15) is 0 Å². The molecule has 0 spiro atoms. The minimum Gasteiger partial charge on any atom is -0.338 e. The molecule has 0 aromatic heterocycles. The van der Waals surface area contributed by atoms with Crippen LogP contribution >= 0.6 is 0 Å². The number of nitrogens with zero attached hydrogens (tertiary/aromatic N) is 2. The number of likely N-dealkylation sites (tertiary alicyclic amines) is 1. The van der Waals surface area contributed by atoms with Gasteiger partial charge in [-0.25, -0.2) is 21.9 Å². The van der Waals surface area contributed by atoms with E-state index in [0.717, 1.165) is 5.56 Å². The molecule has 2 saturated heterocycles. The summed E-state index contributed by atoms with van der Waals surface area (Å²) in [5.41, 5.74) is 0.959. The third-order valence-corrected chi connectivity index (χ3v) is 7.58. The van der Waals surface area contributed by atoms with E-state index in [0.29, 0.717) is 45.4 Å². The van der Waals surface area contributed by atoms with E-state index in [1.54, 1.807) is 24.1 Å². The van der Waals surface area contributed by atoms with Gasteiger partial charge in [0.15, 0.2) is 0 Å². The first-order valence-electron chi connectivity index (χ1n) is 8.60. The lowest BCUT2D eigenvalue weighted by Gasteiger charge is -2.22. The minimum absolute atomic E-state index is 0.104. The molecule has 2 heterocycles. The summed E-state index contributed by atoms with van der Waals surface area (Å²) in [6.45, 7) is 2.05. The van der Waals surface area contributed by atoms with Gasteiger partial charge in [-0.15, -0.1) is 0 Å². The molecule has 1 aromatic rings. The van der Waals surface area contributed by atoms with Crippen LogP contribution in [-0.2, 0) is 16.4 Å². The van der Waals surface area contributed by atoms with Crippen molar-refractivity contribution in [3.8, 4) is 0 Å². The van der Waals surface area contributed by atoms with E-state index in [-0.39, 0.29) is 23.0 Å². The number of halogens is 1. The zero-order valence-corrected chi connectivity index (χ0v) is 15.1. The molecule has 1 N–H and O–H groups in total. The Bertz CT molecular complexity index is 723. The van der Waals surface area contributed by atoms with Crippen LogP contribution in [0.4, 0.5) is 9.18 Å². The predicted octanol–water partition coefficient (Wildman–Crippen LogP) is 1.43. The number of sulfonamides is 1. The Labute approximate surface area is 148 Å². The van der Waals surface area contributed by atoms with E-state index in [1.165, 1.54) is 16.4 Å². The van der Waals surface area contributed by atoms with E-state index in [9.17, 15) is 17.6 Å². The summed E-state index contributed by atoms with van der Waals surface area (Å²) < 4.78 is 38.9. The molecule has 2 fully saturated rings. The molecule has 3 rings (SSSR count). The number of benzene rings is 1. The zero-order chi connectivity index (χ0) is 18.0. The summed E-state index contributed by atoms with van der Waals surface area (Å²) in [6, 6.07) is 6.06. The molecule has 0 saturated carbocycles. The molecule has 0 aliphatic carbocycles. The number of hydrogen-bond donors (Lipinski definition) is 1. The largest absolute Gasteiger partial charge is 0.338 e. The summed E-state index contributed by atoms with van der Waals surface area (Å²) in [6.07, 6.45) is 1.83. The third-order valence-electron chi connectivity index (χ3n) is 5.18. The fourth-order valence-corrected chi connectivity index (χ4v) is 5.66.